The molecule has 1 fully saturated rings. The Kier molecular flexibility index (Phi) is 3.87. The number of hydrogen-bond donors (Lipinski definition) is 1. The lowest BCUT2D eigenvalue weighted by atomic mass is 10.1. The average molecular weight is 232 g/mol. The van der Waals surface area contributed by atoms with Crippen molar-refractivity contribution in [2.45, 2.75) is 42.4 Å². The molecule has 0 bridgehead atoms. The minimum atomic E-state index is 0.503. The monoisotopic (exact) mass is 232 g/mol. The Hall–Kier alpha value is -0.980. The molecule has 0 unspecified atom stereocenters. The summed E-state index contributed by atoms with van der Waals surface area (Å²) < 4.78 is 0. The Labute approximate surface area is 101 Å². The number of hydrogen-bond acceptors (Lipinski definition) is 3. The molecule has 0 heterocycles. The quantitative estimate of drug-likeness (QED) is 0.871. The van der Waals surface area contributed by atoms with E-state index in [1.54, 1.807) is 0 Å². The van der Waals surface area contributed by atoms with Gasteiger partial charge in [-0.2, -0.15) is 5.26 Å². The van der Waals surface area contributed by atoms with Crippen LogP contribution in [-0.4, -0.2) is 5.25 Å². The highest BCUT2D eigenvalue weighted by Crippen LogP contribution is 2.36. The second-order valence-electron chi connectivity index (χ2n) is 4.17. The Bertz CT molecular complexity index is 403. The third-order valence-electron chi connectivity index (χ3n) is 3.00. The maximum Gasteiger partial charge on any atom is 0.100 e. The zero-order chi connectivity index (χ0) is 11.4. The molecule has 16 heavy (non-hydrogen) atoms. The lowest BCUT2D eigenvalue weighted by molar-refractivity contribution is 0.886. The molecule has 0 amide bonds. The third kappa shape index (κ3) is 2.58. The molecule has 0 aliphatic heterocycles. The summed E-state index contributed by atoms with van der Waals surface area (Å²) in [7, 11) is 0. The molecule has 1 aromatic carbocycles. The number of benzene rings is 1. The minimum absolute atomic E-state index is 0.503. The van der Waals surface area contributed by atoms with E-state index in [1.165, 1.54) is 25.7 Å². The summed E-state index contributed by atoms with van der Waals surface area (Å²) in [4.78, 5) is 1.12. The molecule has 2 rings (SSSR count). The first kappa shape index (κ1) is 11.5. The van der Waals surface area contributed by atoms with Crippen LogP contribution in [0.5, 0.6) is 0 Å². The van der Waals surface area contributed by atoms with Crippen LogP contribution in [0.2, 0.25) is 0 Å². The van der Waals surface area contributed by atoms with Crippen LogP contribution in [0.15, 0.2) is 23.1 Å². The van der Waals surface area contributed by atoms with Gasteiger partial charge in [-0.3, -0.25) is 0 Å². The van der Waals surface area contributed by atoms with Crippen molar-refractivity contribution in [1.29, 1.82) is 5.26 Å². The maximum absolute atomic E-state index is 9.11. The van der Waals surface area contributed by atoms with Crippen LogP contribution >= 0.6 is 11.8 Å². The van der Waals surface area contributed by atoms with Crippen LogP contribution in [0.25, 0.3) is 0 Å². The molecule has 1 aliphatic carbocycles. The van der Waals surface area contributed by atoms with E-state index >= 15 is 0 Å². The first-order chi connectivity index (χ1) is 7.83. The van der Waals surface area contributed by atoms with Gasteiger partial charge < -0.3 is 5.73 Å². The Balaban J connectivity index is 2.16. The minimum Gasteiger partial charge on any atom is -0.326 e. The normalized spacial score (nSPS) is 16.2. The van der Waals surface area contributed by atoms with Gasteiger partial charge >= 0.3 is 0 Å². The highest BCUT2D eigenvalue weighted by atomic mass is 32.2. The van der Waals surface area contributed by atoms with Crippen LogP contribution in [0.1, 0.15) is 36.8 Å². The summed E-state index contributed by atoms with van der Waals surface area (Å²) in [5.41, 5.74) is 7.38. The molecule has 0 spiro atoms. The molecule has 1 aromatic rings. The van der Waals surface area contributed by atoms with Crippen molar-refractivity contribution < 1.29 is 0 Å². The molecule has 1 aliphatic rings. The van der Waals surface area contributed by atoms with Crippen LogP contribution in [0.3, 0.4) is 0 Å². The zero-order valence-corrected chi connectivity index (χ0v) is 10.1. The fraction of sp³-hybridized carbons (Fsp3) is 0.462. The van der Waals surface area contributed by atoms with Crippen molar-refractivity contribution in [3.63, 3.8) is 0 Å². The van der Waals surface area contributed by atoms with Gasteiger partial charge in [-0.15, -0.1) is 11.8 Å². The van der Waals surface area contributed by atoms with Crippen LogP contribution in [-0.2, 0) is 6.54 Å². The van der Waals surface area contributed by atoms with Gasteiger partial charge in [0, 0.05) is 16.7 Å². The molecule has 2 nitrogen and oxygen atoms in total. The van der Waals surface area contributed by atoms with Crippen LogP contribution in [0.4, 0.5) is 0 Å². The van der Waals surface area contributed by atoms with Crippen molar-refractivity contribution in [3.8, 4) is 6.07 Å². The highest BCUT2D eigenvalue weighted by Gasteiger charge is 2.17. The lowest BCUT2D eigenvalue weighted by Crippen LogP contribution is -1.99. The van der Waals surface area contributed by atoms with E-state index in [2.05, 4.69) is 6.07 Å². The van der Waals surface area contributed by atoms with Crippen molar-refractivity contribution in [2.24, 2.45) is 5.73 Å². The van der Waals surface area contributed by atoms with Gasteiger partial charge in [0.15, 0.2) is 0 Å². The van der Waals surface area contributed by atoms with Crippen molar-refractivity contribution in [3.05, 3.63) is 29.3 Å². The van der Waals surface area contributed by atoms with Crippen molar-refractivity contribution in [1.82, 2.24) is 0 Å². The number of thioether (sulfide) groups is 1. The fourth-order valence-electron chi connectivity index (χ4n) is 2.08. The first-order valence-corrected chi connectivity index (χ1v) is 6.61. The molecule has 1 saturated carbocycles. The summed E-state index contributed by atoms with van der Waals surface area (Å²) >= 11 is 1.86. The molecular weight excluding hydrogens is 216 g/mol. The van der Waals surface area contributed by atoms with Gasteiger partial charge in [0.1, 0.15) is 6.07 Å². The predicted molar refractivity (Wildman–Crippen MR) is 67.2 cm³/mol. The summed E-state index contributed by atoms with van der Waals surface area (Å²) in [5, 5.41) is 9.81. The number of rotatable bonds is 3. The van der Waals surface area contributed by atoms with Crippen LogP contribution < -0.4 is 5.73 Å². The largest absolute Gasteiger partial charge is 0.326 e. The molecule has 0 radical (unpaired) electrons. The molecule has 0 atom stereocenters. The number of nitriles is 1. The predicted octanol–water partition coefficient (Wildman–Crippen LogP) is 3.05. The van der Waals surface area contributed by atoms with E-state index in [0.29, 0.717) is 11.8 Å². The third-order valence-corrected chi connectivity index (χ3v) is 4.41. The molecule has 0 saturated heterocycles. The Morgan fingerprint density at radius 1 is 1.38 bits per heavy atom. The van der Waals surface area contributed by atoms with E-state index in [0.717, 1.165) is 16.0 Å². The summed E-state index contributed by atoms with van der Waals surface area (Å²) in [5.74, 6) is 0. The summed E-state index contributed by atoms with van der Waals surface area (Å²) in [6, 6.07) is 8.25. The molecule has 84 valence electrons. The van der Waals surface area contributed by atoms with Gasteiger partial charge in [0.2, 0.25) is 0 Å². The molecule has 3 heteroatoms. The number of nitrogens with zero attached hydrogens (tertiary/aromatic N) is 1. The van der Waals surface area contributed by atoms with Gasteiger partial charge in [-0.25, -0.2) is 0 Å². The van der Waals surface area contributed by atoms with Gasteiger partial charge in [-0.1, -0.05) is 18.9 Å². The first-order valence-electron chi connectivity index (χ1n) is 5.73. The SMILES string of the molecule is N#Cc1cc(CN)ccc1SC1CCCC1. The van der Waals surface area contributed by atoms with Crippen LogP contribution in [0, 0.1) is 11.3 Å². The van der Waals surface area contributed by atoms with E-state index < -0.39 is 0 Å². The number of nitrogens with two attached hydrogens (primary N) is 1. The van der Waals surface area contributed by atoms with Crippen molar-refractivity contribution in [2.75, 3.05) is 0 Å². The Morgan fingerprint density at radius 2 is 2.12 bits per heavy atom. The van der Waals surface area contributed by atoms with E-state index in [1.807, 2.05) is 30.0 Å². The summed E-state index contributed by atoms with van der Waals surface area (Å²) in [6.07, 6.45) is 5.24. The average Bonchev–Trinajstić information content (AvgIpc) is 2.82. The van der Waals surface area contributed by atoms with E-state index in [4.69, 9.17) is 11.0 Å². The zero-order valence-electron chi connectivity index (χ0n) is 9.28. The second-order valence-corrected chi connectivity index (χ2v) is 5.51. The van der Waals surface area contributed by atoms with Gasteiger partial charge in [0.05, 0.1) is 5.56 Å². The summed E-state index contributed by atoms with van der Waals surface area (Å²) in [6.45, 7) is 0.503. The van der Waals surface area contributed by atoms with E-state index in [-0.39, 0.29) is 0 Å². The topological polar surface area (TPSA) is 49.8 Å². The lowest BCUT2D eigenvalue weighted by Gasteiger charge is -2.10. The standard InChI is InChI=1S/C13H16N2S/c14-8-10-5-6-13(11(7-10)9-15)16-12-3-1-2-4-12/h5-7,12H,1-4,8,14H2. The highest BCUT2D eigenvalue weighted by molar-refractivity contribution is 8.00. The molecule has 0 aromatic heterocycles. The van der Waals surface area contributed by atoms with E-state index in [9.17, 15) is 0 Å². The fourth-order valence-corrected chi connectivity index (χ4v) is 3.39. The maximum atomic E-state index is 9.11. The Morgan fingerprint density at radius 3 is 2.75 bits per heavy atom. The molecule has 2 N–H and O–H groups in total. The van der Waals surface area contributed by atoms with Crippen molar-refractivity contribution >= 4 is 11.8 Å². The van der Waals surface area contributed by atoms with Gasteiger partial charge in [-0.05, 0) is 30.5 Å². The smallest absolute Gasteiger partial charge is 0.100 e. The second kappa shape index (κ2) is 5.38. The molecular formula is C13H16N2S. The van der Waals surface area contributed by atoms with Gasteiger partial charge in [0.25, 0.3) is 0 Å².